The quantitative estimate of drug-likeness (QED) is 0.789. The molecule has 0 spiro atoms. The van der Waals surface area contributed by atoms with Crippen molar-refractivity contribution in [2.24, 2.45) is 0 Å². The van der Waals surface area contributed by atoms with E-state index in [1.165, 1.54) is 12.1 Å². The van der Waals surface area contributed by atoms with Gasteiger partial charge in [-0.1, -0.05) is 35.3 Å². The van der Waals surface area contributed by atoms with Crippen molar-refractivity contribution in [2.75, 3.05) is 17.2 Å². The van der Waals surface area contributed by atoms with Gasteiger partial charge in [0.25, 0.3) is 0 Å². The van der Waals surface area contributed by atoms with Gasteiger partial charge < -0.3 is 10.6 Å². The molecular formula is C18H16Cl2N2O2. The Morgan fingerprint density at radius 1 is 1.12 bits per heavy atom. The molecule has 1 unspecified atom stereocenters. The van der Waals surface area contributed by atoms with Crippen molar-refractivity contribution in [1.29, 1.82) is 0 Å². The predicted molar refractivity (Wildman–Crippen MR) is 97.4 cm³/mol. The second-order valence-corrected chi connectivity index (χ2v) is 6.67. The highest BCUT2D eigenvalue weighted by atomic mass is 35.5. The van der Waals surface area contributed by atoms with Crippen LogP contribution in [0.3, 0.4) is 0 Å². The van der Waals surface area contributed by atoms with Crippen LogP contribution in [0, 0.1) is 0 Å². The number of ketones is 1. The third kappa shape index (κ3) is 2.56. The fraction of sp³-hybridized carbons (Fsp3) is 0.222. The molecular weight excluding hydrogens is 347 g/mol. The van der Waals surface area contributed by atoms with E-state index >= 15 is 0 Å². The molecule has 0 fully saturated rings. The Labute approximate surface area is 150 Å². The van der Waals surface area contributed by atoms with Crippen LogP contribution in [0.25, 0.3) is 0 Å². The van der Waals surface area contributed by atoms with E-state index in [1.807, 2.05) is 19.1 Å². The highest BCUT2D eigenvalue weighted by Gasteiger charge is 2.48. The standard InChI is InChI=1S/C18H16Cl2N2O2/c1-3-21-12-6-4-10(5-7-12)18(2)16(23)15-13(20)8-11(19)9-14(15)22-17(18)24/h4-9,21H,3H2,1-2H3,(H,22,24). The number of carbonyl (C=O) groups is 2. The fourth-order valence-electron chi connectivity index (χ4n) is 2.89. The smallest absolute Gasteiger partial charge is 0.242 e. The summed E-state index contributed by atoms with van der Waals surface area (Å²) in [7, 11) is 0. The van der Waals surface area contributed by atoms with Crippen molar-refractivity contribution in [2.45, 2.75) is 19.3 Å². The third-order valence-electron chi connectivity index (χ3n) is 4.28. The number of nitrogens with one attached hydrogen (secondary N) is 2. The Kier molecular flexibility index (Phi) is 4.28. The monoisotopic (exact) mass is 362 g/mol. The molecule has 0 bridgehead atoms. The van der Waals surface area contributed by atoms with Crippen molar-refractivity contribution in [3.8, 4) is 0 Å². The topological polar surface area (TPSA) is 58.2 Å². The summed E-state index contributed by atoms with van der Waals surface area (Å²) in [4.78, 5) is 25.8. The van der Waals surface area contributed by atoms with Crippen LogP contribution in [0.1, 0.15) is 29.8 Å². The number of hydrogen-bond acceptors (Lipinski definition) is 3. The van der Waals surface area contributed by atoms with Crippen molar-refractivity contribution >= 4 is 46.3 Å². The molecule has 2 N–H and O–H groups in total. The van der Waals surface area contributed by atoms with Gasteiger partial charge in [-0.25, -0.2) is 0 Å². The maximum absolute atomic E-state index is 13.1. The zero-order chi connectivity index (χ0) is 17.5. The molecule has 1 atom stereocenters. The van der Waals surface area contributed by atoms with Gasteiger partial charge in [0, 0.05) is 17.3 Å². The van der Waals surface area contributed by atoms with Crippen molar-refractivity contribution in [3.63, 3.8) is 0 Å². The summed E-state index contributed by atoms with van der Waals surface area (Å²) in [6, 6.07) is 10.3. The van der Waals surface area contributed by atoms with Crippen molar-refractivity contribution in [3.05, 3.63) is 57.6 Å². The van der Waals surface area contributed by atoms with Gasteiger partial charge in [-0.05, 0) is 43.7 Å². The van der Waals surface area contributed by atoms with Crippen molar-refractivity contribution in [1.82, 2.24) is 0 Å². The molecule has 0 aromatic heterocycles. The van der Waals surface area contributed by atoms with E-state index in [9.17, 15) is 9.59 Å². The van der Waals surface area contributed by atoms with Crippen molar-refractivity contribution < 1.29 is 9.59 Å². The largest absolute Gasteiger partial charge is 0.385 e. The molecule has 1 amide bonds. The molecule has 24 heavy (non-hydrogen) atoms. The lowest BCUT2D eigenvalue weighted by molar-refractivity contribution is -0.119. The summed E-state index contributed by atoms with van der Waals surface area (Å²) in [6.07, 6.45) is 0. The molecule has 1 aliphatic rings. The van der Waals surface area contributed by atoms with Gasteiger partial charge in [-0.3, -0.25) is 9.59 Å². The lowest BCUT2D eigenvalue weighted by Crippen LogP contribution is -2.48. The molecule has 3 rings (SSSR count). The van der Waals surface area contributed by atoms with Crippen LogP contribution in [0.4, 0.5) is 11.4 Å². The lowest BCUT2D eigenvalue weighted by atomic mass is 9.73. The first-order valence-corrected chi connectivity index (χ1v) is 8.33. The highest BCUT2D eigenvalue weighted by molar-refractivity contribution is 6.40. The van der Waals surface area contributed by atoms with Gasteiger partial charge >= 0.3 is 0 Å². The molecule has 4 nitrogen and oxygen atoms in total. The van der Waals surface area contributed by atoms with E-state index < -0.39 is 11.3 Å². The number of fused-ring (bicyclic) bond motifs is 1. The number of hydrogen-bond donors (Lipinski definition) is 2. The van der Waals surface area contributed by atoms with E-state index in [4.69, 9.17) is 23.2 Å². The van der Waals surface area contributed by atoms with Gasteiger partial charge in [0.1, 0.15) is 5.41 Å². The molecule has 1 aliphatic heterocycles. The number of halogens is 2. The number of rotatable bonds is 3. The molecule has 2 aromatic rings. The fourth-order valence-corrected chi connectivity index (χ4v) is 3.47. The van der Waals surface area contributed by atoms with Crippen LogP contribution in [0.15, 0.2) is 36.4 Å². The number of benzene rings is 2. The Balaban J connectivity index is 2.10. The summed E-state index contributed by atoms with van der Waals surface area (Å²) in [5, 5.41) is 6.54. The highest BCUT2D eigenvalue weighted by Crippen LogP contribution is 2.41. The third-order valence-corrected chi connectivity index (χ3v) is 4.80. The Morgan fingerprint density at radius 3 is 2.42 bits per heavy atom. The van der Waals surface area contributed by atoms with E-state index in [0.717, 1.165) is 12.2 Å². The van der Waals surface area contributed by atoms with Crippen LogP contribution < -0.4 is 10.6 Å². The van der Waals surface area contributed by atoms with E-state index in [1.54, 1.807) is 19.1 Å². The molecule has 1 heterocycles. The molecule has 0 saturated carbocycles. The molecule has 2 aromatic carbocycles. The first-order valence-electron chi connectivity index (χ1n) is 7.57. The van der Waals surface area contributed by atoms with Gasteiger partial charge in [0.2, 0.25) is 5.91 Å². The predicted octanol–water partition coefficient (Wildman–Crippen LogP) is 4.52. The minimum absolute atomic E-state index is 0.234. The Bertz CT molecular complexity index is 834. The minimum atomic E-state index is -1.34. The first-order chi connectivity index (χ1) is 11.4. The SMILES string of the molecule is CCNc1ccc(C2(C)C(=O)Nc3cc(Cl)cc(Cl)c3C2=O)cc1. The van der Waals surface area contributed by atoms with Crippen LogP contribution in [0.2, 0.25) is 10.0 Å². The summed E-state index contributed by atoms with van der Waals surface area (Å²) in [5.74, 6) is -0.728. The number of amides is 1. The second kappa shape index (κ2) is 6.11. The Hall–Kier alpha value is -2.04. The molecule has 0 radical (unpaired) electrons. The maximum atomic E-state index is 13.1. The summed E-state index contributed by atoms with van der Waals surface area (Å²) < 4.78 is 0. The summed E-state index contributed by atoms with van der Waals surface area (Å²) in [5.41, 5.74) is 0.847. The zero-order valence-corrected chi connectivity index (χ0v) is 14.8. The summed E-state index contributed by atoms with van der Waals surface area (Å²) in [6.45, 7) is 4.40. The van der Waals surface area contributed by atoms with Gasteiger partial charge in [0.05, 0.1) is 16.3 Å². The number of carbonyl (C=O) groups excluding carboxylic acids is 2. The van der Waals surface area contributed by atoms with Gasteiger partial charge in [-0.15, -0.1) is 0 Å². The van der Waals surface area contributed by atoms with Crippen LogP contribution in [-0.2, 0) is 10.2 Å². The van der Waals surface area contributed by atoms with Gasteiger partial charge in [0.15, 0.2) is 5.78 Å². The molecule has 6 heteroatoms. The second-order valence-electron chi connectivity index (χ2n) is 5.83. The zero-order valence-electron chi connectivity index (χ0n) is 13.2. The average molecular weight is 363 g/mol. The van der Waals surface area contributed by atoms with E-state index in [0.29, 0.717) is 21.8 Å². The van der Waals surface area contributed by atoms with Gasteiger partial charge in [-0.2, -0.15) is 0 Å². The van der Waals surface area contributed by atoms with Crippen LogP contribution >= 0.6 is 23.2 Å². The minimum Gasteiger partial charge on any atom is -0.385 e. The normalized spacial score (nSPS) is 19.7. The maximum Gasteiger partial charge on any atom is 0.242 e. The average Bonchev–Trinajstić information content (AvgIpc) is 2.53. The molecule has 0 saturated heterocycles. The Morgan fingerprint density at radius 2 is 1.79 bits per heavy atom. The van der Waals surface area contributed by atoms with E-state index in [-0.39, 0.29) is 10.8 Å². The van der Waals surface area contributed by atoms with E-state index in [2.05, 4.69) is 10.6 Å². The lowest BCUT2D eigenvalue weighted by Gasteiger charge is -2.33. The molecule has 124 valence electrons. The van der Waals surface area contributed by atoms with Crippen LogP contribution in [0.5, 0.6) is 0 Å². The summed E-state index contributed by atoms with van der Waals surface area (Å²) >= 11 is 12.2. The number of Topliss-reactive ketones (excluding diaryl/α,β-unsaturated/α-hetero) is 1. The van der Waals surface area contributed by atoms with Crippen LogP contribution in [-0.4, -0.2) is 18.2 Å². The number of anilines is 2. The first kappa shape index (κ1) is 16.8. The molecule has 0 aliphatic carbocycles.